The van der Waals surface area contributed by atoms with Crippen LogP contribution in [0, 0.1) is 0 Å². The summed E-state index contributed by atoms with van der Waals surface area (Å²) in [7, 11) is 0. The molecule has 4 nitrogen and oxygen atoms in total. The molecule has 0 aliphatic rings. The second kappa shape index (κ2) is 5.72. The smallest absolute Gasteiger partial charge is 0.227 e. The van der Waals surface area contributed by atoms with Crippen LogP contribution < -0.4 is 5.32 Å². The zero-order valence-electron chi connectivity index (χ0n) is 10.2. The first-order chi connectivity index (χ1) is 8.83. The summed E-state index contributed by atoms with van der Waals surface area (Å²) in [5.41, 5.74) is 0.928. The molecule has 0 spiro atoms. The van der Waals surface area contributed by atoms with Crippen molar-refractivity contribution in [3.63, 3.8) is 0 Å². The van der Waals surface area contributed by atoms with Crippen LogP contribution >= 0.6 is 0 Å². The third-order valence-corrected chi connectivity index (χ3v) is 2.33. The summed E-state index contributed by atoms with van der Waals surface area (Å²) in [6.45, 7) is 5.35. The Hall–Kier alpha value is -2.49. The lowest BCUT2D eigenvalue weighted by atomic mass is 10.2. The number of benzene rings is 1. The summed E-state index contributed by atoms with van der Waals surface area (Å²) in [4.78, 5) is 12.4. The number of allylic oxidation sites excluding steroid dienone is 1. The van der Waals surface area contributed by atoms with Crippen molar-refractivity contribution in [2.24, 2.45) is 9.98 Å². The molecule has 18 heavy (non-hydrogen) atoms. The molecular formula is C14H14N4. The molecular weight excluding hydrogens is 224 g/mol. The number of guanidine groups is 1. The molecule has 1 heterocycles. The van der Waals surface area contributed by atoms with Crippen molar-refractivity contribution in [2.45, 2.75) is 6.92 Å². The molecule has 0 radical (unpaired) electrons. The van der Waals surface area contributed by atoms with E-state index >= 15 is 0 Å². The van der Waals surface area contributed by atoms with Crippen LogP contribution in [0.15, 0.2) is 58.7 Å². The lowest BCUT2D eigenvalue weighted by Gasteiger charge is -2.04. The maximum atomic E-state index is 4.47. The largest absolute Gasteiger partial charge is 0.309 e. The number of rotatable bonds is 2. The fourth-order valence-electron chi connectivity index (χ4n) is 1.51. The number of pyridine rings is 1. The van der Waals surface area contributed by atoms with E-state index < -0.39 is 0 Å². The molecule has 0 amide bonds. The van der Waals surface area contributed by atoms with E-state index in [1.54, 1.807) is 6.20 Å². The van der Waals surface area contributed by atoms with Crippen LogP contribution in [0.4, 0.5) is 5.82 Å². The van der Waals surface area contributed by atoms with Crippen molar-refractivity contribution in [3.8, 4) is 0 Å². The standard InChI is InChI=1S/C14H14N4/c1-3-10-16-14(15-2)18-13-9-8-11-6-4-5-7-12(11)17-13/h3-10H,2H2,1H3,(H,16,17,18)/b10-3-. The van der Waals surface area contributed by atoms with Crippen LogP contribution in [-0.4, -0.2) is 17.7 Å². The summed E-state index contributed by atoms with van der Waals surface area (Å²) in [5, 5.41) is 4.11. The first kappa shape index (κ1) is 12.0. The summed E-state index contributed by atoms with van der Waals surface area (Å²) >= 11 is 0. The third-order valence-electron chi connectivity index (χ3n) is 2.33. The average Bonchev–Trinajstić information content (AvgIpc) is 2.43. The molecule has 0 aliphatic heterocycles. The zero-order valence-corrected chi connectivity index (χ0v) is 10.2. The van der Waals surface area contributed by atoms with Gasteiger partial charge in [-0.3, -0.25) is 0 Å². The summed E-state index contributed by atoms with van der Waals surface area (Å²) in [5.74, 6) is 1.13. The first-order valence-electron chi connectivity index (χ1n) is 5.62. The maximum Gasteiger partial charge on any atom is 0.227 e. The molecule has 0 unspecified atom stereocenters. The van der Waals surface area contributed by atoms with E-state index in [-0.39, 0.29) is 0 Å². The molecule has 0 atom stereocenters. The van der Waals surface area contributed by atoms with Crippen molar-refractivity contribution in [1.29, 1.82) is 0 Å². The number of fused-ring (bicyclic) bond motifs is 1. The van der Waals surface area contributed by atoms with Gasteiger partial charge in [-0.2, -0.15) is 0 Å². The molecule has 2 aromatic rings. The highest BCUT2D eigenvalue weighted by Gasteiger charge is 1.99. The molecule has 0 fully saturated rings. The van der Waals surface area contributed by atoms with Gasteiger partial charge in [0.25, 0.3) is 0 Å². The van der Waals surface area contributed by atoms with Gasteiger partial charge in [0.2, 0.25) is 5.96 Å². The van der Waals surface area contributed by atoms with Crippen molar-refractivity contribution < 1.29 is 0 Å². The lowest BCUT2D eigenvalue weighted by Crippen LogP contribution is -2.09. The minimum Gasteiger partial charge on any atom is -0.309 e. The Morgan fingerprint density at radius 2 is 2.11 bits per heavy atom. The van der Waals surface area contributed by atoms with Crippen LogP contribution in [0.25, 0.3) is 10.9 Å². The van der Waals surface area contributed by atoms with Crippen LogP contribution in [-0.2, 0) is 0 Å². The molecule has 4 heteroatoms. The van der Waals surface area contributed by atoms with Crippen molar-refractivity contribution in [3.05, 3.63) is 48.7 Å². The van der Waals surface area contributed by atoms with Gasteiger partial charge in [-0.05, 0) is 31.8 Å². The van der Waals surface area contributed by atoms with Gasteiger partial charge in [0.05, 0.1) is 5.52 Å². The summed E-state index contributed by atoms with van der Waals surface area (Å²) in [6.07, 6.45) is 3.47. The van der Waals surface area contributed by atoms with Crippen LogP contribution in [0.1, 0.15) is 6.92 Å². The number of hydrogen-bond acceptors (Lipinski definition) is 2. The van der Waals surface area contributed by atoms with Gasteiger partial charge in [0.1, 0.15) is 5.82 Å². The van der Waals surface area contributed by atoms with E-state index in [1.807, 2.05) is 49.4 Å². The summed E-state index contributed by atoms with van der Waals surface area (Å²) < 4.78 is 0. The fraction of sp³-hybridized carbons (Fsp3) is 0.0714. The van der Waals surface area contributed by atoms with Crippen LogP contribution in [0.3, 0.4) is 0 Å². The van der Waals surface area contributed by atoms with E-state index in [9.17, 15) is 0 Å². The zero-order chi connectivity index (χ0) is 12.8. The Labute approximate surface area is 106 Å². The second-order valence-electron chi connectivity index (χ2n) is 3.61. The van der Waals surface area contributed by atoms with Gasteiger partial charge < -0.3 is 5.32 Å². The normalized spacial score (nSPS) is 11.9. The van der Waals surface area contributed by atoms with Crippen molar-refractivity contribution in [1.82, 2.24) is 4.98 Å². The number of hydrogen-bond donors (Lipinski definition) is 1. The number of nitrogens with zero attached hydrogens (tertiary/aromatic N) is 3. The Kier molecular flexibility index (Phi) is 3.81. The first-order valence-corrected chi connectivity index (χ1v) is 5.62. The highest BCUT2D eigenvalue weighted by atomic mass is 15.2. The van der Waals surface area contributed by atoms with E-state index in [0.717, 1.165) is 10.9 Å². The van der Waals surface area contributed by atoms with Gasteiger partial charge in [-0.25, -0.2) is 15.0 Å². The number of nitrogens with one attached hydrogen (secondary N) is 1. The monoisotopic (exact) mass is 238 g/mol. The quantitative estimate of drug-likeness (QED) is 0.645. The third kappa shape index (κ3) is 2.79. The van der Waals surface area contributed by atoms with E-state index in [0.29, 0.717) is 11.8 Å². The van der Waals surface area contributed by atoms with Crippen LogP contribution in [0.5, 0.6) is 0 Å². The Balaban J connectivity index is 2.28. The molecule has 0 aliphatic carbocycles. The number of anilines is 1. The van der Waals surface area contributed by atoms with E-state index in [1.165, 1.54) is 0 Å². The molecule has 0 saturated carbocycles. The second-order valence-corrected chi connectivity index (χ2v) is 3.61. The Morgan fingerprint density at radius 1 is 1.28 bits per heavy atom. The molecule has 1 N–H and O–H groups in total. The predicted molar refractivity (Wildman–Crippen MR) is 77.2 cm³/mol. The molecule has 1 aromatic carbocycles. The van der Waals surface area contributed by atoms with E-state index in [4.69, 9.17) is 0 Å². The molecule has 0 bridgehead atoms. The van der Waals surface area contributed by atoms with Gasteiger partial charge in [-0.1, -0.05) is 24.3 Å². The topological polar surface area (TPSA) is 49.6 Å². The van der Waals surface area contributed by atoms with Gasteiger partial charge >= 0.3 is 0 Å². The fourth-order valence-corrected chi connectivity index (χ4v) is 1.51. The highest BCUT2D eigenvalue weighted by Crippen LogP contribution is 2.14. The molecule has 1 aromatic heterocycles. The molecule has 90 valence electrons. The average molecular weight is 238 g/mol. The maximum absolute atomic E-state index is 4.47. The minimum absolute atomic E-state index is 0.427. The van der Waals surface area contributed by atoms with E-state index in [2.05, 4.69) is 27.0 Å². The van der Waals surface area contributed by atoms with Gasteiger partial charge in [-0.15, -0.1) is 0 Å². The molecule has 0 saturated heterocycles. The number of para-hydroxylation sites is 1. The number of aliphatic imine (C=N–C) groups is 2. The van der Waals surface area contributed by atoms with Crippen molar-refractivity contribution >= 4 is 29.4 Å². The SMILES string of the molecule is C=N/C(=N\C=C/C)Nc1ccc2ccccc2n1. The highest BCUT2D eigenvalue weighted by molar-refractivity contribution is 5.96. The summed E-state index contributed by atoms with van der Waals surface area (Å²) in [6, 6.07) is 11.8. The minimum atomic E-state index is 0.427. The predicted octanol–water partition coefficient (Wildman–Crippen LogP) is 3.24. The molecule has 2 rings (SSSR count). The van der Waals surface area contributed by atoms with Gasteiger partial charge in [0.15, 0.2) is 0 Å². The number of aromatic nitrogens is 1. The lowest BCUT2D eigenvalue weighted by molar-refractivity contribution is 1.36. The van der Waals surface area contributed by atoms with Crippen molar-refractivity contribution in [2.75, 3.05) is 5.32 Å². The van der Waals surface area contributed by atoms with Gasteiger partial charge in [0, 0.05) is 11.6 Å². The van der Waals surface area contributed by atoms with Crippen LogP contribution in [0.2, 0.25) is 0 Å². The Bertz CT molecular complexity index is 614. The Morgan fingerprint density at radius 3 is 2.89 bits per heavy atom.